The number of primary sulfonamides is 1. The number of nitrogens with two attached hydrogens (primary N) is 1. The van der Waals surface area contributed by atoms with E-state index >= 15 is 0 Å². The molecule has 0 aliphatic heterocycles. The van der Waals surface area contributed by atoms with Crippen molar-refractivity contribution in [2.45, 2.75) is 36.4 Å². The minimum Gasteiger partial charge on any atom is -0.475 e. The van der Waals surface area contributed by atoms with E-state index in [1.165, 1.54) is 18.6 Å². The predicted molar refractivity (Wildman–Crippen MR) is 108 cm³/mol. The van der Waals surface area contributed by atoms with Crippen molar-refractivity contribution in [2.75, 3.05) is 10.6 Å². The number of carboxylic acids is 1. The molecule has 1 fully saturated rings. The van der Waals surface area contributed by atoms with Gasteiger partial charge < -0.3 is 20.2 Å². The highest BCUT2D eigenvalue weighted by Gasteiger charge is 2.38. The number of aliphatic carboxylic acids is 1. The lowest BCUT2D eigenvalue weighted by Crippen LogP contribution is -2.27. The number of alkyl halides is 3. The number of carbonyl (C=O) groups is 1. The second kappa shape index (κ2) is 9.00. The molecule has 5 N–H and O–H groups in total. The van der Waals surface area contributed by atoms with Crippen molar-refractivity contribution in [1.29, 1.82) is 0 Å². The fourth-order valence-electron chi connectivity index (χ4n) is 2.62. The molecule has 0 radical (unpaired) electrons. The maximum Gasteiger partial charge on any atom is 0.490 e. The van der Waals surface area contributed by atoms with E-state index in [2.05, 4.69) is 20.6 Å². The Kier molecular flexibility index (Phi) is 6.55. The van der Waals surface area contributed by atoms with E-state index in [1.54, 1.807) is 24.5 Å². The number of nitrogens with one attached hydrogen (secondary N) is 2. The minimum atomic E-state index is -5.08. The van der Waals surface area contributed by atoms with Crippen LogP contribution in [-0.2, 0) is 14.8 Å². The second-order valence-electron chi connectivity index (χ2n) is 6.80. The molecular formula is C18H18F3N5O5S. The van der Waals surface area contributed by atoms with Gasteiger partial charge in [-0.15, -0.1) is 0 Å². The van der Waals surface area contributed by atoms with Crippen molar-refractivity contribution >= 4 is 44.5 Å². The summed E-state index contributed by atoms with van der Waals surface area (Å²) in [5, 5.41) is 18.7. The maximum absolute atomic E-state index is 11.3. The number of carboxylic acid groups (broad SMARTS) is 1. The van der Waals surface area contributed by atoms with Crippen LogP contribution in [0.5, 0.6) is 0 Å². The van der Waals surface area contributed by atoms with Crippen LogP contribution >= 0.6 is 0 Å². The second-order valence-corrected chi connectivity index (χ2v) is 8.36. The van der Waals surface area contributed by atoms with Gasteiger partial charge in [-0.05, 0) is 43.5 Å². The van der Waals surface area contributed by atoms with Crippen LogP contribution in [0.4, 0.5) is 30.6 Å². The number of halogens is 3. The summed E-state index contributed by atoms with van der Waals surface area (Å²) in [6, 6.07) is 8.27. The van der Waals surface area contributed by atoms with Gasteiger partial charge in [0.05, 0.1) is 11.2 Å². The van der Waals surface area contributed by atoms with E-state index in [-0.39, 0.29) is 4.90 Å². The van der Waals surface area contributed by atoms with E-state index in [4.69, 9.17) is 19.5 Å². The molecule has 0 bridgehead atoms. The third-order valence-electron chi connectivity index (χ3n) is 4.43. The molecule has 0 spiro atoms. The summed E-state index contributed by atoms with van der Waals surface area (Å²) in [6.45, 7) is 0. The molecule has 2 aromatic heterocycles. The lowest BCUT2D eigenvalue weighted by atomic mass is 9.93. The van der Waals surface area contributed by atoms with Crippen molar-refractivity contribution in [3.63, 3.8) is 0 Å². The Balaban J connectivity index is 0.000000360. The summed E-state index contributed by atoms with van der Waals surface area (Å²) >= 11 is 0. The molecule has 32 heavy (non-hydrogen) atoms. The average molecular weight is 473 g/mol. The Morgan fingerprint density at radius 2 is 1.78 bits per heavy atom. The van der Waals surface area contributed by atoms with Gasteiger partial charge in [-0.2, -0.15) is 18.2 Å². The molecule has 1 saturated carbocycles. The highest BCUT2D eigenvalue weighted by atomic mass is 32.2. The Morgan fingerprint density at radius 3 is 2.28 bits per heavy atom. The third-order valence-corrected chi connectivity index (χ3v) is 5.36. The summed E-state index contributed by atoms with van der Waals surface area (Å²) < 4.78 is 59.8. The van der Waals surface area contributed by atoms with Crippen LogP contribution in [0.1, 0.15) is 19.3 Å². The van der Waals surface area contributed by atoms with Crippen molar-refractivity contribution in [3.05, 3.63) is 36.6 Å². The molecule has 14 heteroatoms. The molecule has 0 saturated heterocycles. The average Bonchev–Trinajstić information content (AvgIpc) is 3.13. The Labute approximate surface area is 179 Å². The van der Waals surface area contributed by atoms with Gasteiger partial charge in [-0.25, -0.2) is 23.3 Å². The molecule has 3 aromatic rings. The molecule has 1 aliphatic rings. The first-order valence-corrected chi connectivity index (χ1v) is 10.7. The molecule has 4 rings (SSSR count). The number of hydrogen-bond donors (Lipinski definition) is 4. The topological polar surface area (TPSA) is 160 Å². The fraction of sp³-hybridized carbons (Fsp3) is 0.278. The lowest BCUT2D eigenvalue weighted by molar-refractivity contribution is -0.192. The zero-order valence-electron chi connectivity index (χ0n) is 16.3. The van der Waals surface area contributed by atoms with Gasteiger partial charge in [0.2, 0.25) is 16.0 Å². The first-order valence-electron chi connectivity index (χ1n) is 9.15. The quantitative estimate of drug-likeness (QED) is 0.436. The minimum absolute atomic E-state index is 0.0524. The molecule has 10 nitrogen and oxygen atoms in total. The standard InChI is InChI=1S/C16H17N5O3S.C2HF3O2/c17-25(22,23)12-6-4-11(5-7-12)19-16-20-13-8-9-24-14(13)15(21-16)18-10-2-1-3-10;3-2(4,5)1(6)7/h4-10H,1-3H2,(H2,17,22,23)(H2,18,19,20,21);(H,6,7). The maximum atomic E-state index is 11.3. The Hall–Kier alpha value is -3.39. The zero-order chi connectivity index (χ0) is 23.5. The van der Waals surface area contributed by atoms with Gasteiger partial charge in [0, 0.05) is 17.8 Å². The molecule has 172 valence electrons. The van der Waals surface area contributed by atoms with E-state index in [0.29, 0.717) is 34.6 Å². The highest BCUT2D eigenvalue weighted by Crippen LogP contribution is 2.29. The van der Waals surface area contributed by atoms with Crippen LogP contribution in [0.25, 0.3) is 11.1 Å². The van der Waals surface area contributed by atoms with Crippen LogP contribution in [0.3, 0.4) is 0 Å². The summed E-state index contributed by atoms with van der Waals surface area (Å²) in [4.78, 5) is 17.9. The molecule has 1 aliphatic carbocycles. The van der Waals surface area contributed by atoms with E-state index in [0.717, 1.165) is 12.8 Å². The summed E-state index contributed by atoms with van der Waals surface area (Å²) in [6.07, 6.45) is -0.0600. The summed E-state index contributed by atoms with van der Waals surface area (Å²) in [5.41, 5.74) is 1.98. The predicted octanol–water partition coefficient (Wildman–Crippen LogP) is 3.21. The fourth-order valence-corrected chi connectivity index (χ4v) is 3.14. The lowest BCUT2D eigenvalue weighted by Gasteiger charge is -2.26. The van der Waals surface area contributed by atoms with Crippen molar-refractivity contribution in [3.8, 4) is 0 Å². The number of furan rings is 1. The largest absolute Gasteiger partial charge is 0.490 e. The van der Waals surface area contributed by atoms with Crippen LogP contribution < -0.4 is 15.8 Å². The van der Waals surface area contributed by atoms with Gasteiger partial charge in [0.1, 0.15) is 5.52 Å². The molecule has 1 aromatic carbocycles. The smallest absolute Gasteiger partial charge is 0.475 e. The summed E-state index contributed by atoms with van der Waals surface area (Å²) in [5.74, 6) is -1.70. The number of benzene rings is 1. The van der Waals surface area contributed by atoms with Gasteiger partial charge in [-0.3, -0.25) is 0 Å². The van der Waals surface area contributed by atoms with Crippen LogP contribution in [0, 0.1) is 0 Å². The molecular weight excluding hydrogens is 455 g/mol. The van der Waals surface area contributed by atoms with Gasteiger partial charge in [0.15, 0.2) is 11.4 Å². The van der Waals surface area contributed by atoms with E-state index in [1.807, 2.05) is 0 Å². The number of fused-ring (bicyclic) bond motifs is 1. The number of sulfonamides is 1. The summed E-state index contributed by atoms with van der Waals surface area (Å²) in [7, 11) is -3.71. The zero-order valence-corrected chi connectivity index (χ0v) is 17.1. The monoisotopic (exact) mass is 473 g/mol. The van der Waals surface area contributed by atoms with Crippen LogP contribution in [0.15, 0.2) is 45.9 Å². The van der Waals surface area contributed by atoms with Crippen molar-refractivity contribution < 1.29 is 35.9 Å². The molecule has 0 atom stereocenters. The van der Waals surface area contributed by atoms with Crippen LogP contribution in [-0.4, -0.2) is 41.7 Å². The number of anilines is 3. The molecule has 0 amide bonds. The van der Waals surface area contributed by atoms with Crippen LogP contribution in [0.2, 0.25) is 0 Å². The number of hydrogen-bond acceptors (Lipinski definition) is 8. The normalized spacial score (nSPS) is 14.2. The Bertz CT molecular complexity index is 1210. The number of aromatic nitrogens is 2. The molecule has 0 unspecified atom stereocenters. The van der Waals surface area contributed by atoms with Crippen molar-refractivity contribution in [2.24, 2.45) is 5.14 Å². The SMILES string of the molecule is NS(=O)(=O)c1ccc(Nc2nc(NC3CCC3)c3occc3n2)cc1.O=C(O)C(F)(F)F. The van der Waals surface area contributed by atoms with E-state index in [9.17, 15) is 21.6 Å². The van der Waals surface area contributed by atoms with E-state index < -0.39 is 22.2 Å². The first-order chi connectivity index (χ1) is 14.9. The van der Waals surface area contributed by atoms with Gasteiger partial charge in [-0.1, -0.05) is 0 Å². The third kappa shape index (κ3) is 5.85. The Morgan fingerprint density at radius 1 is 1.16 bits per heavy atom. The first kappa shape index (κ1) is 23.3. The van der Waals surface area contributed by atoms with Crippen molar-refractivity contribution in [1.82, 2.24) is 9.97 Å². The van der Waals surface area contributed by atoms with Gasteiger partial charge in [0.25, 0.3) is 0 Å². The molecule has 2 heterocycles. The highest BCUT2D eigenvalue weighted by molar-refractivity contribution is 7.89. The van der Waals surface area contributed by atoms with Gasteiger partial charge >= 0.3 is 12.1 Å². The number of nitrogens with zero attached hydrogens (tertiary/aromatic N) is 2. The number of rotatable bonds is 5.